The fourth-order valence-electron chi connectivity index (χ4n) is 2.40. The average molecular weight is 370 g/mol. The van der Waals surface area contributed by atoms with E-state index in [2.05, 4.69) is 15.0 Å². The van der Waals surface area contributed by atoms with Gasteiger partial charge in [0.2, 0.25) is 0 Å². The van der Waals surface area contributed by atoms with Crippen molar-refractivity contribution < 1.29 is 19.1 Å². The lowest BCUT2D eigenvalue weighted by molar-refractivity contribution is 0.0285. The molecule has 0 unspecified atom stereocenters. The van der Waals surface area contributed by atoms with Crippen molar-refractivity contribution in [2.45, 2.75) is 32.8 Å². The lowest BCUT2D eigenvalue weighted by Gasteiger charge is -2.24. The molecule has 0 N–H and O–H groups in total. The lowest BCUT2D eigenvalue weighted by Crippen LogP contribution is -2.35. The summed E-state index contributed by atoms with van der Waals surface area (Å²) < 4.78 is 11.2. The summed E-state index contributed by atoms with van der Waals surface area (Å²) in [6, 6.07) is 1.75. The molecule has 1 aliphatic heterocycles. The third-order valence-corrected chi connectivity index (χ3v) is 3.88. The second kappa shape index (κ2) is 8.38. The largest absolute Gasteiger partial charge is 0.492 e. The summed E-state index contributed by atoms with van der Waals surface area (Å²) in [6.45, 7) is 7.36. The lowest BCUT2D eigenvalue weighted by atomic mass is 10.1. The van der Waals surface area contributed by atoms with Crippen molar-refractivity contribution in [1.29, 1.82) is 0 Å². The zero-order valence-corrected chi connectivity index (χ0v) is 15.7. The number of nitrogens with zero attached hydrogens (tertiary/aromatic N) is 3. The number of amides is 1. The molecule has 1 atom stereocenters. The van der Waals surface area contributed by atoms with Crippen LogP contribution in [0.5, 0.6) is 5.75 Å². The van der Waals surface area contributed by atoms with Crippen LogP contribution in [0.15, 0.2) is 17.4 Å². The van der Waals surface area contributed by atoms with E-state index < -0.39 is 5.60 Å². The first kappa shape index (κ1) is 19.3. The average Bonchev–Trinajstić information content (AvgIpc) is 3.00. The third kappa shape index (κ3) is 6.08. The number of ether oxygens (including phenoxy) is 2. The Morgan fingerprint density at radius 2 is 2.28 bits per heavy atom. The van der Waals surface area contributed by atoms with Gasteiger partial charge in [0.05, 0.1) is 19.0 Å². The first-order valence-corrected chi connectivity index (χ1v) is 8.49. The highest BCUT2D eigenvalue weighted by atomic mass is 35.5. The zero-order valence-electron chi connectivity index (χ0n) is 15.0. The Morgan fingerprint density at radius 1 is 1.52 bits per heavy atom. The Hall–Kier alpha value is -2.02. The first-order chi connectivity index (χ1) is 11.8. The van der Waals surface area contributed by atoms with Gasteiger partial charge in [0.25, 0.3) is 0 Å². The molecule has 1 aliphatic rings. The minimum Gasteiger partial charge on any atom is -0.492 e. The molecule has 1 aromatic rings. The number of pyridine rings is 1. The van der Waals surface area contributed by atoms with E-state index in [1.54, 1.807) is 17.2 Å². The highest BCUT2D eigenvalue weighted by molar-refractivity contribution is 6.31. The fraction of sp³-hybridized carbons (Fsp3) is 0.588. The molecule has 1 amide bonds. The Morgan fingerprint density at radius 3 is 2.96 bits per heavy atom. The van der Waals surface area contributed by atoms with Crippen LogP contribution in [0.25, 0.3) is 0 Å². The number of carbonyl (C=O) groups excluding carboxylic acids is 1. The van der Waals surface area contributed by atoms with Gasteiger partial charge in [-0.2, -0.15) is 0 Å². The molecule has 25 heavy (non-hydrogen) atoms. The summed E-state index contributed by atoms with van der Waals surface area (Å²) >= 11 is 5.99. The monoisotopic (exact) mass is 369 g/mol. The molecule has 0 bridgehead atoms. The number of hydrogen-bond donors (Lipinski definition) is 0. The van der Waals surface area contributed by atoms with E-state index in [0.29, 0.717) is 36.2 Å². The van der Waals surface area contributed by atoms with Crippen LogP contribution in [0, 0.1) is 5.92 Å². The predicted molar refractivity (Wildman–Crippen MR) is 95.3 cm³/mol. The van der Waals surface area contributed by atoms with Gasteiger partial charge in [0, 0.05) is 24.6 Å². The topological polar surface area (TPSA) is 73.2 Å². The Kier molecular flexibility index (Phi) is 6.47. The molecule has 0 aliphatic carbocycles. The van der Waals surface area contributed by atoms with Crippen LogP contribution >= 0.6 is 11.6 Å². The second-order valence-corrected chi connectivity index (χ2v) is 7.22. The Bertz CT molecular complexity index is 631. The van der Waals surface area contributed by atoms with Gasteiger partial charge in [-0.1, -0.05) is 16.8 Å². The van der Waals surface area contributed by atoms with Gasteiger partial charge in [0.1, 0.15) is 23.6 Å². The maximum absolute atomic E-state index is 12.1. The SMILES string of the molecule is CON=Cc1cc(OC[C@H]2CCN(C(=O)OC(C)(C)C)C2)cnc1Cl. The van der Waals surface area contributed by atoms with Crippen molar-refractivity contribution in [3.05, 3.63) is 23.0 Å². The number of hydrogen-bond acceptors (Lipinski definition) is 6. The van der Waals surface area contributed by atoms with Crippen LogP contribution in [0.4, 0.5) is 4.79 Å². The molecule has 1 aromatic heterocycles. The summed E-state index contributed by atoms with van der Waals surface area (Å²) in [5.41, 5.74) is 0.128. The van der Waals surface area contributed by atoms with Crippen molar-refractivity contribution in [2.24, 2.45) is 11.1 Å². The molecular formula is C17H24ClN3O4. The fourth-order valence-corrected chi connectivity index (χ4v) is 2.55. The van der Waals surface area contributed by atoms with Crippen molar-refractivity contribution >= 4 is 23.9 Å². The van der Waals surface area contributed by atoms with Gasteiger partial charge in [-0.3, -0.25) is 0 Å². The number of likely N-dealkylation sites (tertiary alicyclic amines) is 1. The molecule has 0 radical (unpaired) electrons. The molecule has 8 heteroatoms. The van der Waals surface area contributed by atoms with E-state index in [9.17, 15) is 4.79 Å². The van der Waals surface area contributed by atoms with E-state index in [4.69, 9.17) is 21.1 Å². The molecule has 138 valence electrons. The predicted octanol–water partition coefficient (Wildman–Crippen LogP) is 3.35. The zero-order chi connectivity index (χ0) is 18.4. The van der Waals surface area contributed by atoms with Gasteiger partial charge in [0.15, 0.2) is 0 Å². The van der Waals surface area contributed by atoms with E-state index in [1.165, 1.54) is 13.3 Å². The molecular weight excluding hydrogens is 346 g/mol. The van der Waals surface area contributed by atoms with Gasteiger partial charge >= 0.3 is 6.09 Å². The molecule has 0 saturated carbocycles. The summed E-state index contributed by atoms with van der Waals surface area (Å²) in [7, 11) is 1.45. The van der Waals surface area contributed by atoms with Crippen LogP contribution in [-0.4, -0.2) is 54.6 Å². The number of rotatable bonds is 5. The van der Waals surface area contributed by atoms with Crippen molar-refractivity contribution in [3.8, 4) is 5.75 Å². The van der Waals surface area contributed by atoms with E-state index in [0.717, 1.165) is 6.42 Å². The van der Waals surface area contributed by atoms with Gasteiger partial charge in [-0.25, -0.2) is 9.78 Å². The summed E-state index contributed by atoms with van der Waals surface area (Å²) in [6.07, 6.45) is 3.63. The minimum atomic E-state index is -0.485. The van der Waals surface area contributed by atoms with Crippen LogP contribution in [0.2, 0.25) is 5.15 Å². The standard InChI is InChI=1S/C17H24ClN3O4/c1-17(2,3)25-16(22)21-6-5-12(10-21)11-24-14-7-13(8-20-23-4)15(18)19-9-14/h7-9,12H,5-6,10-11H2,1-4H3/t12-/m0/s1. The molecule has 1 saturated heterocycles. The summed E-state index contributed by atoms with van der Waals surface area (Å²) in [5, 5.41) is 4.00. The van der Waals surface area contributed by atoms with Crippen molar-refractivity contribution in [1.82, 2.24) is 9.88 Å². The molecule has 0 spiro atoms. The van der Waals surface area contributed by atoms with Crippen LogP contribution in [0.3, 0.4) is 0 Å². The van der Waals surface area contributed by atoms with Crippen LogP contribution < -0.4 is 4.74 Å². The smallest absolute Gasteiger partial charge is 0.410 e. The normalized spacial score (nSPS) is 17.8. The molecule has 7 nitrogen and oxygen atoms in total. The quantitative estimate of drug-likeness (QED) is 0.452. The number of aromatic nitrogens is 1. The molecule has 1 fully saturated rings. The summed E-state index contributed by atoms with van der Waals surface area (Å²) in [5.74, 6) is 0.844. The van der Waals surface area contributed by atoms with Crippen LogP contribution in [-0.2, 0) is 9.57 Å². The highest BCUT2D eigenvalue weighted by Gasteiger charge is 2.30. The van der Waals surface area contributed by atoms with E-state index in [1.807, 2.05) is 20.8 Å². The van der Waals surface area contributed by atoms with E-state index in [-0.39, 0.29) is 12.0 Å². The summed E-state index contributed by atoms with van der Waals surface area (Å²) in [4.78, 5) is 22.5. The number of carbonyl (C=O) groups is 1. The third-order valence-electron chi connectivity index (χ3n) is 3.56. The van der Waals surface area contributed by atoms with Gasteiger partial charge in [-0.05, 0) is 33.3 Å². The highest BCUT2D eigenvalue weighted by Crippen LogP contribution is 2.22. The molecule has 2 heterocycles. The first-order valence-electron chi connectivity index (χ1n) is 8.11. The van der Waals surface area contributed by atoms with E-state index >= 15 is 0 Å². The Labute approximate surface area is 152 Å². The number of oxime groups is 1. The van der Waals surface area contributed by atoms with Crippen LogP contribution in [0.1, 0.15) is 32.8 Å². The second-order valence-electron chi connectivity index (χ2n) is 6.86. The number of halogens is 1. The maximum Gasteiger partial charge on any atom is 0.410 e. The maximum atomic E-state index is 12.1. The van der Waals surface area contributed by atoms with Gasteiger partial charge in [-0.15, -0.1) is 0 Å². The van der Waals surface area contributed by atoms with Gasteiger partial charge < -0.3 is 19.2 Å². The minimum absolute atomic E-state index is 0.249. The Balaban J connectivity index is 1.86. The van der Waals surface area contributed by atoms with Crippen molar-refractivity contribution in [3.63, 3.8) is 0 Å². The molecule has 2 rings (SSSR count). The molecule has 0 aromatic carbocycles. The van der Waals surface area contributed by atoms with Crippen molar-refractivity contribution in [2.75, 3.05) is 26.8 Å².